The van der Waals surface area contributed by atoms with E-state index in [0.29, 0.717) is 11.1 Å². The molecule has 0 spiro atoms. The van der Waals surface area contributed by atoms with Gasteiger partial charge >= 0.3 is 0 Å². The first kappa shape index (κ1) is 14.1. The van der Waals surface area contributed by atoms with Gasteiger partial charge in [-0.15, -0.1) is 0 Å². The zero-order valence-electron chi connectivity index (χ0n) is 19.3. The summed E-state index contributed by atoms with van der Waals surface area (Å²) in [6.07, 6.45) is -1.99. The SMILES string of the molecule is [2H]B([3H])CSOc1cc(O[3H])c2c(c1)O[C@@H](c1cc(O[3H])c(O[3H])c(O[3H])c1)[C@H](O)C2.[Ac]. The number of hydrogen-bond donors (Lipinski definition) is 5. The van der Waals surface area contributed by atoms with Crippen LogP contribution in [0, 0.1) is 44.1 Å². The van der Waals surface area contributed by atoms with Crippen LogP contribution in [-0.2, 0) is 6.42 Å². The van der Waals surface area contributed by atoms with Gasteiger partial charge in [0.05, 0.1) is 6.10 Å². The third-order valence-corrected chi connectivity index (χ3v) is 4.20. The number of hydrogen-bond acceptors (Lipinski definition) is 8. The van der Waals surface area contributed by atoms with E-state index in [4.69, 9.17) is 17.3 Å². The summed E-state index contributed by atoms with van der Waals surface area (Å²) in [5.74, 6) is -0.0429. The van der Waals surface area contributed by atoms with Crippen molar-refractivity contribution >= 4 is 19.8 Å². The van der Waals surface area contributed by atoms with Crippen molar-refractivity contribution in [2.75, 3.05) is 5.65 Å². The van der Waals surface area contributed by atoms with Gasteiger partial charge in [0.25, 0.3) is 5.72 Å². The Labute approximate surface area is 199 Å². The van der Waals surface area contributed by atoms with E-state index in [0.717, 1.165) is 12.0 Å². The minimum Gasteiger partial charge on any atom is -0.507 e. The molecule has 135 valence electrons. The number of fused-ring (bicyclic) bond motifs is 1. The zero-order valence-corrected chi connectivity index (χ0v) is 18.9. The first-order chi connectivity index (χ1) is 14.9. The standard InChI is InChI=1S/C16H17BO7S.Ac/c17-6-25-24-8-3-10(18)9-5-13(21)16(23-14(9)4-8)7-1-11(19)15(22)12(20)2-7;/h1-4,13,16,18-22H,5-6,17H2;/t13-,16+;/m1./s1/i17TD;/hT4. The van der Waals surface area contributed by atoms with Gasteiger partial charge in [-0.1, -0.05) is 0 Å². The summed E-state index contributed by atoms with van der Waals surface area (Å²) < 4.78 is 54.4. The fraction of sp³-hybridized carbons (Fsp3) is 0.250. The van der Waals surface area contributed by atoms with Crippen LogP contribution >= 0.6 is 12.0 Å². The van der Waals surface area contributed by atoms with Crippen LogP contribution in [0.1, 0.15) is 17.2 Å². The van der Waals surface area contributed by atoms with E-state index in [1.807, 2.05) is 0 Å². The average molecular weight is 602 g/mol. The van der Waals surface area contributed by atoms with Gasteiger partial charge in [-0.2, -0.15) is 0 Å². The van der Waals surface area contributed by atoms with Crippen LogP contribution in [0.15, 0.2) is 24.3 Å². The van der Waals surface area contributed by atoms with Gasteiger partial charge in [0, 0.05) is 91.4 Å². The summed E-state index contributed by atoms with van der Waals surface area (Å²) in [6, 6.07) is 5.60. The molecule has 0 unspecified atom stereocenters. The first-order valence-corrected chi connectivity index (χ1v) is 8.19. The number of aromatic hydroxyl groups is 4. The Kier molecular flexibility index (Phi) is 4.79. The summed E-state index contributed by atoms with van der Waals surface area (Å²) in [4.78, 5) is 0. The van der Waals surface area contributed by atoms with Gasteiger partial charge in [-0.05, 0) is 14.8 Å². The molecule has 0 amide bonds. The van der Waals surface area contributed by atoms with Gasteiger partial charge in [-0.3, -0.25) is 0 Å². The van der Waals surface area contributed by atoms with E-state index in [1.54, 1.807) is 0 Å². The molecule has 0 bridgehead atoms. The van der Waals surface area contributed by atoms with Crippen molar-refractivity contribution in [3.8, 4) is 34.5 Å². The molecule has 2 aromatic rings. The van der Waals surface area contributed by atoms with E-state index in [2.05, 4.69) is 20.4 Å². The smallest absolute Gasteiger partial charge is 0.293 e. The van der Waals surface area contributed by atoms with Crippen molar-refractivity contribution in [2.24, 2.45) is 0 Å². The molecule has 1 radical (unpaired) electrons. The largest absolute Gasteiger partial charge is 0.507 e. The Balaban J connectivity index is 0.00000363. The van der Waals surface area contributed by atoms with E-state index < -0.39 is 20.0 Å². The Bertz CT molecular complexity index is 906. The van der Waals surface area contributed by atoms with Gasteiger partial charge in [-0.25, -0.2) is 0 Å². The molecule has 10 heteroatoms. The van der Waals surface area contributed by atoms with Crippen LogP contribution < -0.4 is 8.92 Å². The van der Waals surface area contributed by atoms with Crippen molar-refractivity contribution in [3.05, 3.63) is 35.4 Å². The van der Waals surface area contributed by atoms with Crippen LogP contribution in [0.2, 0.25) is 0 Å². The second-order valence-corrected chi connectivity index (χ2v) is 6.16. The van der Waals surface area contributed by atoms with E-state index in [1.165, 1.54) is 24.3 Å². The van der Waals surface area contributed by atoms with E-state index in [9.17, 15) is 5.11 Å². The minimum absolute atomic E-state index is 0. The Morgan fingerprint density at radius 2 is 2.04 bits per heavy atom. The summed E-state index contributed by atoms with van der Waals surface area (Å²) in [5.41, 5.74) is 0.839. The topological polar surface area (TPSA) is 120 Å². The average Bonchev–Trinajstić information content (AvgIpc) is 2.77. The van der Waals surface area contributed by atoms with Crippen molar-refractivity contribution in [2.45, 2.75) is 18.6 Å². The molecule has 5 N–H and O–H groups in total. The molecule has 0 aliphatic carbocycles. The summed E-state index contributed by atoms with van der Waals surface area (Å²) in [7, 11) is -1.07. The van der Waals surface area contributed by atoms with Crippen molar-refractivity contribution in [3.63, 3.8) is 0 Å². The third kappa shape index (κ3) is 4.30. The number of phenolic OH excluding ortho intramolecular Hbond substituents is 4. The maximum Gasteiger partial charge on any atom is 0.293 e. The van der Waals surface area contributed by atoms with E-state index >= 15 is 0 Å². The summed E-state index contributed by atoms with van der Waals surface area (Å²) in [5, 5.41) is 28.5. The Morgan fingerprint density at radius 3 is 2.69 bits per heavy atom. The molecule has 1 heterocycles. The molecule has 3 rings (SSSR count). The Morgan fingerprint density at radius 1 is 1.27 bits per heavy atom. The number of phenols is 4. The van der Waals surface area contributed by atoms with Crippen LogP contribution in [0.3, 0.4) is 0 Å². The minimum atomic E-state index is -1.09. The predicted octanol–water partition coefficient (Wildman–Crippen LogP) is 1.16. The third-order valence-electron chi connectivity index (χ3n) is 3.75. The van der Waals surface area contributed by atoms with Crippen molar-refractivity contribution < 1.29 is 78.5 Å². The fourth-order valence-electron chi connectivity index (χ4n) is 2.64. The molecule has 0 fully saturated rings. The van der Waals surface area contributed by atoms with Crippen molar-refractivity contribution in [1.29, 1.82) is 8.40 Å². The summed E-state index contributed by atoms with van der Waals surface area (Å²) >= 11 is 0.893. The number of aliphatic hydroxyl groups is 1. The monoisotopic (exact) mass is 602 g/mol. The van der Waals surface area contributed by atoms with Crippen LogP contribution in [0.25, 0.3) is 0 Å². The Hall–Kier alpha value is -0.944. The number of aliphatic hydroxyl groups excluding tert-OH is 1. The van der Waals surface area contributed by atoms with Crippen LogP contribution in [0.4, 0.5) is 0 Å². The first-order valence-electron chi connectivity index (χ1n) is 10.1. The quantitative estimate of drug-likeness (QED) is 0.165. The van der Waals surface area contributed by atoms with Crippen LogP contribution in [0.5, 0.6) is 34.5 Å². The normalized spacial score (nSPS) is 20.8. The van der Waals surface area contributed by atoms with Crippen LogP contribution in [-0.4, -0.2) is 53.5 Å². The number of ether oxygens (including phenoxy) is 1. The van der Waals surface area contributed by atoms with E-state index in [-0.39, 0.29) is 90.6 Å². The second-order valence-electron chi connectivity index (χ2n) is 5.42. The van der Waals surface area contributed by atoms with Gasteiger partial charge in [0.1, 0.15) is 25.0 Å². The fourth-order valence-corrected chi connectivity index (χ4v) is 2.94. The molecule has 26 heavy (non-hydrogen) atoms. The van der Waals surface area contributed by atoms with Gasteiger partial charge < -0.3 is 34.5 Å². The molecule has 1 aliphatic rings. The number of rotatable bonds is 9. The molecule has 7 nitrogen and oxygen atoms in total. The number of benzene rings is 2. The van der Waals surface area contributed by atoms with Gasteiger partial charge in [0.15, 0.2) is 23.4 Å². The molecule has 2 aromatic carbocycles. The maximum absolute atomic E-state index is 10.7. The zero-order chi connectivity index (χ0) is 22.5. The van der Waals surface area contributed by atoms with Gasteiger partial charge in [0.2, 0.25) is 0 Å². The predicted molar refractivity (Wildman–Crippen MR) is 94.3 cm³/mol. The molecule has 2 atom stereocenters. The molecule has 0 saturated carbocycles. The summed E-state index contributed by atoms with van der Waals surface area (Å²) in [6.45, 7) is 0. The molecular formula is C16H17AcBO7S. The van der Waals surface area contributed by atoms with Crippen molar-refractivity contribution in [1.82, 2.24) is 0 Å². The second kappa shape index (κ2) is 8.83. The molecular weight excluding hydrogens is 574 g/mol. The molecule has 0 saturated heterocycles. The molecule has 0 aromatic heterocycles. The maximum atomic E-state index is 10.7. The molecule has 1 aliphatic heterocycles.